The van der Waals surface area contributed by atoms with Crippen LogP contribution < -0.4 is 5.32 Å². The van der Waals surface area contributed by atoms with Crippen LogP contribution in [0.15, 0.2) is 24.3 Å². The largest absolute Gasteiger partial charge is 0.389 e. The van der Waals surface area contributed by atoms with Gasteiger partial charge in [0, 0.05) is 30.2 Å². The van der Waals surface area contributed by atoms with E-state index in [1.807, 2.05) is 6.92 Å². The Balaban J connectivity index is 2.42. The highest BCUT2D eigenvalue weighted by molar-refractivity contribution is 6.30. The zero-order chi connectivity index (χ0) is 15.2. The molecule has 0 heterocycles. The standard InChI is InChI=1S/C15H23ClN2O2/c1-4-18(11-15(2,3)20)9-8-14(19)17-13-7-5-6-12(16)10-13/h5-7,10,20H,4,8-9,11H2,1-3H3,(H,17,19). The fraction of sp³-hybridized carbons (Fsp3) is 0.533. The highest BCUT2D eigenvalue weighted by atomic mass is 35.5. The lowest BCUT2D eigenvalue weighted by Crippen LogP contribution is -2.39. The Morgan fingerprint density at radius 3 is 2.70 bits per heavy atom. The van der Waals surface area contributed by atoms with Gasteiger partial charge in [-0.25, -0.2) is 0 Å². The van der Waals surface area contributed by atoms with Gasteiger partial charge in [-0.2, -0.15) is 0 Å². The molecule has 0 aromatic heterocycles. The maximum Gasteiger partial charge on any atom is 0.225 e. The third kappa shape index (κ3) is 6.89. The summed E-state index contributed by atoms with van der Waals surface area (Å²) in [4.78, 5) is 13.9. The van der Waals surface area contributed by atoms with E-state index in [0.717, 1.165) is 6.54 Å². The van der Waals surface area contributed by atoms with Crippen molar-refractivity contribution in [2.24, 2.45) is 0 Å². The molecule has 0 aliphatic rings. The second-order valence-corrected chi connectivity index (χ2v) is 5.93. The first-order chi connectivity index (χ1) is 9.30. The molecule has 1 rings (SSSR count). The normalized spacial score (nSPS) is 11.7. The van der Waals surface area contributed by atoms with E-state index < -0.39 is 5.60 Å². The van der Waals surface area contributed by atoms with E-state index in [1.165, 1.54) is 0 Å². The van der Waals surface area contributed by atoms with Crippen LogP contribution in [0.2, 0.25) is 5.02 Å². The smallest absolute Gasteiger partial charge is 0.225 e. The SMILES string of the molecule is CCN(CCC(=O)Nc1cccc(Cl)c1)CC(C)(C)O. The maximum atomic E-state index is 11.9. The zero-order valence-corrected chi connectivity index (χ0v) is 13.1. The van der Waals surface area contributed by atoms with Gasteiger partial charge in [0.05, 0.1) is 5.60 Å². The average molecular weight is 299 g/mol. The molecule has 112 valence electrons. The number of likely N-dealkylation sites (N-methyl/N-ethyl adjacent to an activating group) is 1. The third-order valence-electron chi connectivity index (χ3n) is 2.82. The summed E-state index contributed by atoms with van der Waals surface area (Å²) in [7, 11) is 0. The lowest BCUT2D eigenvalue weighted by molar-refractivity contribution is -0.116. The predicted octanol–water partition coefficient (Wildman–Crippen LogP) is 2.76. The first-order valence-electron chi connectivity index (χ1n) is 6.80. The monoisotopic (exact) mass is 298 g/mol. The number of amides is 1. The third-order valence-corrected chi connectivity index (χ3v) is 3.06. The molecule has 5 heteroatoms. The van der Waals surface area contributed by atoms with E-state index in [1.54, 1.807) is 38.1 Å². The highest BCUT2D eigenvalue weighted by Crippen LogP contribution is 2.15. The van der Waals surface area contributed by atoms with Crippen molar-refractivity contribution in [2.45, 2.75) is 32.8 Å². The topological polar surface area (TPSA) is 52.6 Å². The number of halogens is 1. The van der Waals surface area contributed by atoms with Crippen LogP contribution >= 0.6 is 11.6 Å². The van der Waals surface area contributed by atoms with E-state index in [9.17, 15) is 9.90 Å². The Labute approximate surface area is 125 Å². The van der Waals surface area contributed by atoms with Crippen LogP contribution in [0.1, 0.15) is 27.2 Å². The van der Waals surface area contributed by atoms with Gasteiger partial charge in [-0.3, -0.25) is 4.79 Å². The molecule has 0 radical (unpaired) electrons. The van der Waals surface area contributed by atoms with Gasteiger partial charge in [-0.15, -0.1) is 0 Å². The summed E-state index contributed by atoms with van der Waals surface area (Å²) in [5.74, 6) is -0.0542. The number of hydrogen-bond donors (Lipinski definition) is 2. The summed E-state index contributed by atoms with van der Waals surface area (Å²) in [5, 5.41) is 13.2. The van der Waals surface area contributed by atoms with Gasteiger partial charge < -0.3 is 15.3 Å². The van der Waals surface area contributed by atoms with E-state index in [2.05, 4.69) is 10.2 Å². The van der Waals surface area contributed by atoms with Gasteiger partial charge in [0.1, 0.15) is 0 Å². The summed E-state index contributed by atoms with van der Waals surface area (Å²) in [5.41, 5.74) is -0.0487. The molecule has 0 bridgehead atoms. The van der Waals surface area contributed by atoms with Crippen LogP contribution in [-0.2, 0) is 4.79 Å². The van der Waals surface area contributed by atoms with Crippen molar-refractivity contribution in [3.63, 3.8) is 0 Å². The fourth-order valence-corrected chi connectivity index (χ4v) is 2.14. The van der Waals surface area contributed by atoms with Crippen LogP contribution in [0, 0.1) is 0 Å². The lowest BCUT2D eigenvalue weighted by atomic mass is 10.1. The number of carbonyl (C=O) groups excluding carboxylic acids is 1. The number of nitrogens with zero attached hydrogens (tertiary/aromatic N) is 1. The molecule has 20 heavy (non-hydrogen) atoms. The quantitative estimate of drug-likeness (QED) is 0.814. The molecule has 0 aliphatic carbocycles. The Bertz CT molecular complexity index is 444. The maximum absolute atomic E-state index is 11.9. The Hall–Kier alpha value is -1.10. The van der Waals surface area contributed by atoms with Gasteiger partial charge >= 0.3 is 0 Å². The minimum absolute atomic E-state index is 0.0542. The Morgan fingerprint density at radius 1 is 1.45 bits per heavy atom. The molecule has 0 unspecified atom stereocenters. The molecule has 0 saturated heterocycles. The number of carbonyl (C=O) groups is 1. The summed E-state index contributed by atoms with van der Waals surface area (Å²) in [6.07, 6.45) is 0.385. The van der Waals surface area contributed by atoms with Crippen molar-refractivity contribution < 1.29 is 9.90 Å². The molecule has 4 nitrogen and oxygen atoms in total. The molecule has 0 saturated carbocycles. The first-order valence-corrected chi connectivity index (χ1v) is 7.18. The summed E-state index contributed by atoms with van der Waals surface area (Å²) in [6, 6.07) is 7.08. The van der Waals surface area contributed by atoms with Crippen molar-refractivity contribution >= 4 is 23.2 Å². The molecular weight excluding hydrogens is 276 g/mol. The summed E-state index contributed by atoms with van der Waals surface area (Å²) < 4.78 is 0. The molecule has 1 aromatic carbocycles. The van der Waals surface area contributed by atoms with E-state index in [-0.39, 0.29) is 5.91 Å². The molecule has 0 aliphatic heterocycles. The Kier molecular flexibility index (Phi) is 6.46. The number of nitrogens with one attached hydrogen (secondary N) is 1. The number of hydrogen-bond acceptors (Lipinski definition) is 3. The lowest BCUT2D eigenvalue weighted by Gasteiger charge is -2.27. The molecule has 0 spiro atoms. The second-order valence-electron chi connectivity index (χ2n) is 5.49. The molecule has 1 amide bonds. The molecular formula is C15H23ClN2O2. The Morgan fingerprint density at radius 2 is 2.15 bits per heavy atom. The van der Waals surface area contributed by atoms with Crippen molar-refractivity contribution in [1.29, 1.82) is 0 Å². The van der Waals surface area contributed by atoms with E-state index in [4.69, 9.17) is 11.6 Å². The molecule has 1 aromatic rings. The number of aliphatic hydroxyl groups is 1. The number of anilines is 1. The first kappa shape index (κ1) is 17.0. The molecule has 2 N–H and O–H groups in total. The number of benzene rings is 1. The van der Waals surface area contributed by atoms with Crippen LogP contribution in [0.5, 0.6) is 0 Å². The van der Waals surface area contributed by atoms with Crippen LogP contribution in [0.25, 0.3) is 0 Å². The van der Waals surface area contributed by atoms with Gasteiger partial charge in [-0.1, -0.05) is 24.6 Å². The predicted molar refractivity (Wildman–Crippen MR) is 83.1 cm³/mol. The van der Waals surface area contributed by atoms with Gasteiger partial charge in [0.15, 0.2) is 0 Å². The van der Waals surface area contributed by atoms with Crippen LogP contribution in [0.4, 0.5) is 5.69 Å². The number of rotatable bonds is 7. The van der Waals surface area contributed by atoms with Gasteiger partial charge in [-0.05, 0) is 38.6 Å². The average Bonchev–Trinajstić information content (AvgIpc) is 2.33. The van der Waals surface area contributed by atoms with Crippen molar-refractivity contribution in [3.05, 3.63) is 29.3 Å². The zero-order valence-electron chi connectivity index (χ0n) is 12.3. The van der Waals surface area contributed by atoms with Gasteiger partial charge in [0.25, 0.3) is 0 Å². The van der Waals surface area contributed by atoms with Gasteiger partial charge in [0.2, 0.25) is 5.91 Å². The fourth-order valence-electron chi connectivity index (χ4n) is 1.95. The molecule has 0 atom stereocenters. The minimum atomic E-state index is -0.751. The second kappa shape index (κ2) is 7.62. The van der Waals surface area contributed by atoms with E-state index >= 15 is 0 Å². The highest BCUT2D eigenvalue weighted by Gasteiger charge is 2.17. The van der Waals surface area contributed by atoms with Crippen molar-refractivity contribution in [1.82, 2.24) is 4.90 Å². The van der Waals surface area contributed by atoms with Crippen LogP contribution in [0.3, 0.4) is 0 Å². The minimum Gasteiger partial charge on any atom is -0.389 e. The van der Waals surface area contributed by atoms with Crippen molar-refractivity contribution in [3.8, 4) is 0 Å². The van der Waals surface area contributed by atoms with E-state index in [0.29, 0.717) is 30.2 Å². The molecule has 0 fully saturated rings. The van der Waals surface area contributed by atoms with Crippen molar-refractivity contribution in [2.75, 3.05) is 25.0 Å². The van der Waals surface area contributed by atoms with Crippen LogP contribution in [-0.4, -0.2) is 41.1 Å². The summed E-state index contributed by atoms with van der Waals surface area (Å²) >= 11 is 5.86. The summed E-state index contributed by atoms with van der Waals surface area (Å²) in [6.45, 7) is 7.51.